The summed E-state index contributed by atoms with van der Waals surface area (Å²) < 4.78 is 5.54. The number of rotatable bonds is 8. The predicted molar refractivity (Wildman–Crippen MR) is 111 cm³/mol. The van der Waals surface area contributed by atoms with Gasteiger partial charge in [-0.1, -0.05) is 30.3 Å². The van der Waals surface area contributed by atoms with Crippen LogP contribution in [0.4, 0.5) is 0 Å². The van der Waals surface area contributed by atoms with Gasteiger partial charge in [-0.3, -0.25) is 19.4 Å². The zero-order valence-corrected chi connectivity index (χ0v) is 17.3. The van der Waals surface area contributed by atoms with Crippen molar-refractivity contribution in [2.24, 2.45) is 0 Å². The Morgan fingerprint density at radius 2 is 1.66 bits per heavy atom. The fourth-order valence-electron chi connectivity index (χ4n) is 3.37. The van der Waals surface area contributed by atoms with Gasteiger partial charge in [0, 0.05) is 39.8 Å². The number of nitrogens with zero attached hydrogens (tertiary/aromatic N) is 3. The number of aryl methyl sites for hydroxylation is 1. The average molecular weight is 399 g/mol. The van der Waals surface area contributed by atoms with Crippen LogP contribution in [0.25, 0.3) is 0 Å². The van der Waals surface area contributed by atoms with Gasteiger partial charge in [0.05, 0.1) is 19.6 Å². The minimum atomic E-state index is 0.0341. The van der Waals surface area contributed by atoms with Crippen LogP contribution in [0.15, 0.2) is 46.9 Å². The van der Waals surface area contributed by atoms with Gasteiger partial charge in [0.1, 0.15) is 11.5 Å². The summed E-state index contributed by atoms with van der Waals surface area (Å²) in [6, 6.07) is 13.7. The molecule has 1 aliphatic rings. The van der Waals surface area contributed by atoms with E-state index in [2.05, 4.69) is 15.1 Å². The number of benzene rings is 1. The summed E-state index contributed by atoms with van der Waals surface area (Å²) in [5, 5.41) is 2.97. The highest BCUT2D eigenvalue weighted by atomic mass is 16.3. The molecule has 0 radical (unpaired) electrons. The van der Waals surface area contributed by atoms with E-state index in [1.54, 1.807) is 11.9 Å². The molecule has 0 bridgehead atoms. The van der Waals surface area contributed by atoms with Crippen LogP contribution >= 0.6 is 0 Å². The van der Waals surface area contributed by atoms with E-state index in [1.807, 2.05) is 49.4 Å². The van der Waals surface area contributed by atoms with Crippen molar-refractivity contribution < 1.29 is 14.0 Å². The quantitative estimate of drug-likeness (QED) is 0.730. The van der Waals surface area contributed by atoms with Crippen LogP contribution < -0.4 is 5.32 Å². The molecular formula is C22H30N4O3. The summed E-state index contributed by atoms with van der Waals surface area (Å²) in [4.78, 5) is 30.6. The van der Waals surface area contributed by atoms with Gasteiger partial charge in [0.15, 0.2) is 0 Å². The van der Waals surface area contributed by atoms with Crippen molar-refractivity contribution in [2.75, 3.05) is 46.3 Å². The first-order valence-corrected chi connectivity index (χ1v) is 10.0. The van der Waals surface area contributed by atoms with E-state index in [4.69, 9.17) is 4.42 Å². The summed E-state index contributed by atoms with van der Waals surface area (Å²) in [5.41, 5.74) is 1.10. The van der Waals surface area contributed by atoms with Gasteiger partial charge in [0.25, 0.3) is 0 Å². The molecule has 1 fully saturated rings. The zero-order valence-electron chi connectivity index (χ0n) is 17.3. The van der Waals surface area contributed by atoms with Crippen molar-refractivity contribution in [1.82, 2.24) is 20.0 Å². The van der Waals surface area contributed by atoms with Gasteiger partial charge >= 0.3 is 0 Å². The molecule has 2 amide bonds. The van der Waals surface area contributed by atoms with Crippen LogP contribution in [0.2, 0.25) is 0 Å². The lowest BCUT2D eigenvalue weighted by Gasteiger charge is -2.34. The second kappa shape index (κ2) is 10.2. The number of hydrogen-bond donors (Lipinski definition) is 1. The number of carbonyl (C=O) groups is 2. The molecule has 3 rings (SSSR count). The number of hydrogen-bond acceptors (Lipinski definition) is 5. The van der Waals surface area contributed by atoms with Crippen molar-refractivity contribution in [3.05, 3.63) is 59.5 Å². The molecule has 7 nitrogen and oxygen atoms in total. The Morgan fingerprint density at radius 3 is 2.28 bits per heavy atom. The van der Waals surface area contributed by atoms with Crippen molar-refractivity contribution in [3.63, 3.8) is 0 Å². The minimum Gasteiger partial charge on any atom is -0.464 e. The average Bonchev–Trinajstić information content (AvgIpc) is 3.13. The lowest BCUT2D eigenvalue weighted by Crippen LogP contribution is -2.51. The van der Waals surface area contributed by atoms with Gasteiger partial charge in [0.2, 0.25) is 11.8 Å². The number of carbonyl (C=O) groups excluding carboxylic acids is 2. The molecule has 2 heterocycles. The molecule has 1 aromatic heterocycles. The van der Waals surface area contributed by atoms with Crippen molar-refractivity contribution in [2.45, 2.75) is 20.0 Å². The lowest BCUT2D eigenvalue weighted by atomic mass is 10.2. The van der Waals surface area contributed by atoms with Crippen molar-refractivity contribution in [1.29, 1.82) is 0 Å². The third kappa shape index (κ3) is 6.73. The minimum absolute atomic E-state index is 0.0341. The molecule has 0 spiro atoms. The van der Waals surface area contributed by atoms with Gasteiger partial charge in [-0.15, -0.1) is 0 Å². The second-order valence-electron chi connectivity index (χ2n) is 7.58. The van der Waals surface area contributed by atoms with E-state index >= 15 is 0 Å². The Morgan fingerprint density at radius 1 is 1.00 bits per heavy atom. The number of nitrogens with one attached hydrogen (secondary N) is 1. The maximum absolute atomic E-state index is 12.5. The second-order valence-corrected chi connectivity index (χ2v) is 7.58. The van der Waals surface area contributed by atoms with Gasteiger partial charge in [-0.2, -0.15) is 0 Å². The molecule has 1 N–H and O–H groups in total. The molecule has 2 aromatic rings. The van der Waals surface area contributed by atoms with Gasteiger partial charge in [-0.25, -0.2) is 0 Å². The van der Waals surface area contributed by atoms with Gasteiger partial charge in [-0.05, 0) is 24.6 Å². The monoisotopic (exact) mass is 398 g/mol. The molecule has 29 heavy (non-hydrogen) atoms. The summed E-state index contributed by atoms with van der Waals surface area (Å²) in [7, 11) is 1.80. The van der Waals surface area contributed by atoms with E-state index in [0.29, 0.717) is 26.2 Å². The normalized spacial score (nSPS) is 15.2. The summed E-state index contributed by atoms with van der Waals surface area (Å²) >= 11 is 0. The Balaban J connectivity index is 1.34. The summed E-state index contributed by atoms with van der Waals surface area (Å²) in [6.45, 7) is 6.85. The molecule has 0 saturated carbocycles. The molecule has 1 aromatic carbocycles. The molecule has 1 saturated heterocycles. The van der Waals surface area contributed by atoms with Crippen LogP contribution in [0.5, 0.6) is 0 Å². The Hall–Kier alpha value is -2.64. The van der Waals surface area contributed by atoms with Crippen molar-refractivity contribution in [3.8, 4) is 0 Å². The van der Waals surface area contributed by atoms with E-state index < -0.39 is 0 Å². The van der Waals surface area contributed by atoms with Crippen molar-refractivity contribution >= 4 is 11.8 Å². The SMILES string of the molecule is Cc1ccc(CN(C)C(=O)CN2CCN(CC(=O)NCc3ccccc3)CC2)o1. The van der Waals surface area contributed by atoms with E-state index in [1.165, 1.54) is 0 Å². The standard InChI is InChI=1S/C22H30N4O3/c1-18-8-9-20(29-18)15-24(2)22(28)17-26-12-10-25(11-13-26)16-21(27)23-14-19-6-4-3-5-7-19/h3-9H,10-17H2,1-2H3,(H,23,27). The Labute approximate surface area is 172 Å². The Kier molecular flexibility index (Phi) is 7.43. The molecule has 0 aliphatic carbocycles. The van der Waals surface area contributed by atoms with Crippen LogP contribution in [0.3, 0.4) is 0 Å². The highest BCUT2D eigenvalue weighted by molar-refractivity contribution is 5.78. The lowest BCUT2D eigenvalue weighted by molar-refractivity contribution is -0.132. The summed E-state index contributed by atoms with van der Waals surface area (Å²) in [5.74, 6) is 1.76. The number of likely N-dealkylation sites (N-methyl/N-ethyl adjacent to an activating group) is 1. The third-order valence-corrected chi connectivity index (χ3v) is 5.14. The highest BCUT2D eigenvalue weighted by Crippen LogP contribution is 2.09. The smallest absolute Gasteiger partial charge is 0.236 e. The molecule has 0 unspecified atom stereocenters. The van der Waals surface area contributed by atoms with E-state index in [9.17, 15) is 9.59 Å². The Bertz CT molecular complexity index is 797. The van der Waals surface area contributed by atoms with E-state index in [-0.39, 0.29) is 11.8 Å². The first kappa shape index (κ1) is 21.1. The van der Waals surface area contributed by atoms with E-state index in [0.717, 1.165) is 43.3 Å². The topological polar surface area (TPSA) is 69.0 Å². The fourth-order valence-corrected chi connectivity index (χ4v) is 3.37. The molecule has 7 heteroatoms. The van der Waals surface area contributed by atoms with Crippen LogP contribution in [0, 0.1) is 6.92 Å². The van der Waals surface area contributed by atoms with Gasteiger partial charge < -0.3 is 14.6 Å². The number of piperazine rings is 1. The van der Waals surface area contributed by atoms with Crippen LogP contribution in [-0.2, 0) is 22.7 Å². The maximum Gasteiger partial charge on any atom is 0.236 e. The van der Waals surface area contributed by atoms with Crippen LogP contribution in [0.1, 0.15) is 17.1 Å². The molecule has 0 atom stereocenters. The third-order valence-electron chi connectivity index (χ3n) is 5.14. The zero-order chi connectivity index (χ0) is 20.6. The first-order chi connectivity index (χ1) is 14.0. The number of amides is 2. The first-order valence-electron chi connectivity index (χ1n) is 10.0. The molecule has 156 valence electrons. The molecule has 1 aliphatic heterocycles. The molecular weight excluding hydrogens is 368 g/mol. The highest BCUT2D eigenvalue weighted by Gasteiger charge is 2.22. The van der Waals surface area contributed by atoms with Crippen LogP contribution in [-0.4, -0.2) is 72.8 Å². The summed E-state index contributed by atoms with van der Waals surface area (Å²) in [6.07, 6.45) is 0. The maximum atomic E-state index is 12.5. The predicted octanol–water partition coefficient (Wildman–Crippen LogP) is 1.48. The number of furan rings is 1. The largest absolute Gasteiger partial charge is 0.464 e. The fraction of sp³-hybridized carbons (Fsp3) is 0.455.